The van der Waals surface area contributed by atoms with Crippen LogP contribution in [-0.4, -0.2) is 33.3 Å². The van der Waals surface area contributed by atoms with Gasteiger partial charge in [-0.05, 0) is 38.3 Å². The van der Waals surface area contributed by atoms with E-state index in [2.05, 4.69) is 28.1 Å². The first-order valence-corrected chi connectivity index (χ1v) is 6.81. The van der Waals surface area contributed by atoms with Crippen LogP contribution in [-0.2, 0) is 7.05 Å². The molecule has 1 saturated heterocycles. The minimum atomic E-state index is -0.562. The molecule has 1 aliphatic rings. The molecule has 102 valence electrons. The van der Waals surface area contributed by atoms with Gasteiger partial charge in [0.15, 0.2) is 0 Å². The van der Waals surface area contributed by atoms with E-state index >= 15 is 0 Å². The van der Waals surface area contributed by atoms with Crippen LogP contribution in [0.15, 0.2) is 24.5 Å². The van der Waals surface area contributed by atoms with Crippen LogP contribution >= 0.6 is 0 Å². The van der Waals surface area contributed by atoms with Crippen molar-refractivity contribution in [2.24, 2.45) is 13.0 Å². The standard InChI is InChI=1S/C15H21N3O/c1-15(2,19)7-11-8-18(9-11)13-6-4-5-12-14(13)16-10-17(12)3/h4-6,10-11,19H,7-9H2,1-3H3. The summed E-state index contributed by atoms with van der Waals surface area (Å²) < 4.78 is 2.05. The molecule has 1 aromatic heterocycles. The van der Waals surface area contributed by atoms with Gasteiger partial charge < -0.3 is 14.6 Å². The second-order valence-corrected chi connectivity index (χ2v) is 6.29. The molecular weight excluding hydrogens is 238 g/mol. The fraction of sp³-hybridized carbons (Fsp3) is 0.533. The van der Waals surface area contributed by atoms with Gasteiger partial charge in [-0.1, -0.05) is 6.07 Å². The van der Waals surface area contributed by atoms with Crippen molar-refractivity contribution in [3.05, 3.63) is 24.5 Å². The number of anilines is 1. The minimum Gasteiger partial charge on any atom is -0.390 e. The number of aryl methyl sites for hydroxylation is 1. The van der Waals surface area contributed by atoms with Crippen molar-refractivity contribution in [3.8, 4) is 0 Å². The molecule has 1 aliphatic heterocycles. The highest BCUT2D eigenvalue weighted by Gasteiger charge is 2.32. The third-order valence-electron chi connectivity index (χ3n) is 3.82. The molecule has 2 aromatic rings. The van der Waals surface area contributed by atoms with E-state index < -0.39 is 5.60 Å². The van der Waals surface area contributed by atoms with Gasteiger partial charge in [0, 0.05) is 20.1 Å². The minimum absolute atomic E-state index is 0.562. The van der Waals surface area contributed by atoms with Crippen LogP contribution < -0.4 is 4.90 Å². The Labute approximate surface area is 113 Å². The average molecular weight is 259 g/mol. The van der Waals surface area contributed by atoms with Gasteiger partial charge in [-0.15, -0.1) is 0 Å². The van der Waals surface area contributed by atoms with Gasteiger partial charge in [-0.25, -0.2) is 4.98 Å². The maximum atomic E-state index is 9.85. The molecule has 0 bridgehead atoms. The van der Waals surface area contributed by atoms with Crippen molar-refractivity contribution in [2.75, 3.05) is 18.0 Å². The lowest BCUT2D eigenvalue weighted by Gasteiger charge is -2.43. The monoisotopic (exact) mass is 259 g/mol. The van der Waals surface area contributed by atoms with E-state index in [9.17, 15) is 5.11 Å². The Morgan fingerprint density at radius 3 is 2.79 bits per heavy atom. The predicted molar refractivity (Wildman–Crippen MR) is 77.3 cm³/mol. The zero-order chi connectivity index (χ0) is 13.6. The van der Waals surface area contributed by atoms with E-state index in [1.54, 1.807) is 0 Å². The molecule has 0 atom stereocenters. The summed E-state index contributed by atoms with van der Waals surface area (Å²) in [4.78, 5) is 6.85. The lowest BCUT2D eigenvalue weighted by Crippen LogP contribution is -2.49. The Kier molecular flexibility index (Phi) is 2.78. The number of imidazole rings is 1. The van der Waals surface area contributed by atoms with Crippen molar-refractivity contribution in [2.45, 2.75) is 25.9 Å². The summed E-state index contributed by atoms with van der Waals surface area (Å²) in [6, 6.07) is 6.32. The number of benzene rings is 1. The molecule has 3 rings (SSSR count). The molecular formula is C15H21N3O. The number of hydrogen-bond donors (Lipinski definition) is 1. The molecule has 0 radical (unpaired) electrons. The van der Waals surface area contributed by atoms with Gasteiger partial charge in [0.05, 0.1) is 23.1 Å². The number of aromatic nitrogens is 2. The Morgan fingerprint density at radius 1 is 1.37 bits per heavy atom. The van der Waals surface area contributed by atoms with Crippen LogP contribution in [0, 0.1) is 5.92 Å². The number of nitrogens with zero attached hydrogens (tertiary/aromatic N) is 3. The molecule has 1 aromatic carbocycles. The Hall–Kier alpha value is -1.55. The number of rotatable bonds is 3. The van der Waals surface area contributed by atoms with Crippen molar-refractivity contribution < 1.29 is 5.11 Å². The van der Waals surface area contributed by atoms with E-state index in [1.807, 2.05) is 31.8 Å². The summed E-state index contributed by atoms with van der Waals surface area (Å²) in [6.07, 6.45) is 2.73. The maximum absolute atomic E-state index is 9.85. The highest BCUT2D eigenvalue weighted by Crippen LogP contribution is 2.33. The van der Waals surface area contributed by atoms with Gasteiger partial charge in [0.1, 0.15) is 5.52 Å². The third-order valence-corrected chi connectivity index (χ3v) is 3.82. The van der Waals surface area contributed by atoms with Gasteiger partial charge in [-0.2, -0.15) is 0 Å². The van der Waals surface area contributed by atoms with Crippen LogP contribution in [0.2, 0.25) is 0 Å². The molecule has 0 saturated carbocycles. The Morgan fingerprint density at radius 2 is 2.11 bits per heavy atom. The second-order valence-electron chi connectivity index (χ2n) is 6.29. The molecule has 1 N–H and O–H groups in total. The molecule has 0 aliphatic carbocycles. The fourth-order valence-corrected chi connectivity index (χ4v) is 3.00. The van der Waals surface area contributed by atoms with Crippen LogP contribution in [0.25, 0.3) is 11.0 Å². The predicted octanol–water partition coefficient (Wildman–Crippen LogP) is 2.17. The van der Waals surface area contributed by atoms with Crippen molar-refractivity contribution in [3.63, 3.8) is 0 Å². The second kappa shape index (κ2) is 4.23. The summed E-state index contributed by atoms with van der Waals surface area (Å²) >= 11 is 0. The summed E-state index contributed by atoms with van der Waals surface area (Å²) in [5.41, 5.74) is 2.90. The van der Waals surface area contributed by atoms with E-state index in [-0.39, 0.29) is 0 Å². The summed E-state index contributed by atoms with van der Waals surface area (Å²) in [5.74, 6) is 0.582. The van der Waals surface area contributed by atoms with Crippen LogP contribution in [0.5, 0.6) is 0 Å². The number of para-hydroxylation sites is 1. The molecule has 1 fully saturated rings. The molecule has 19 heavy (non-hydrogen) atoms. The lowest BCUT2D eigenvalue weighted by molar-refractivity contribution is 0.0475. The number of hydrogen-bond acceptors (Lipinski definition) is 3. The summed E-state index contributed by atoms with van der Waals surface area (Å²) in [7, 11) is 2.02. The largest absolute Gasteiger partial charge is 0.390 e. The average Bonchev–Trinajstić information content (AvgIpc) is 2.64. The number of fused-ring (bicyclic) bond motifs is 1. The normalized spacial score (nSPS) is 16.9. The maximum Gasteiger partial charge on any atom is 0.112 e. The SMILES string of the molecule is Cn1cnc2c(N3CC(CC(C)(C)O)C3)cccc21. The lowest BCUT2D eigenvalue weighted by atomic mass is 9.87. The first kappa shape index (κ1) is 12.5. The van der Waals surface area contributed by atoms with E-state index in [1.165, 1.54) is 11.2 Å². The van der Waals surface area contributed by atoms with Gasteiger partial charge in [0.25, 0.3) is 0 Å². The molecule has 0 spiro atoms. The molecule has 0 amide bonds. The zero-order valence-electron chi connectivity index (χ0n) is 11.8. The summed E-state index contributed by atoms with van der Waals surface area (Å²) in [6.45, 7) is 5.80. The topological polar surface area (TPSA) is 41.3 Å². The Bertz CT molecular complexity index is 591. The van der Waals surface area contributed by atoms with Crippen LogP contribution in [0.4, 0.5) is 5.69 Å². The first-order valence-electron chi connectivity index (χ1n) is 6.81. The Balaban J connectivity index is 1.77. The molecule has 4 heteroatoms. The van der Waals surface area contributed by atoms with Gasteiger partial charge in [0.2, 0.25) is 0 Å². The van der Waals surface area contributed by atoms with Gasteiger partial charge in [-0.3, -0.25) is 0 Å². The highest BCUT2D eigenvalue weighted by atomic mass is 16.3. The third kappa shape index (κ3) is 2.32. The quantitative estimate of drug-likeness (QED) is 0.918. The van der Waals surface area contributed by atoms with Crippen molar-refractivity contribution in [1.82, 2.24) is 9.55 Å². The van der Waals surface area contributed by atoms with Crippen molar-refractivity contribution in [1.29, 1.82) is 0 Å². The summed E-state index contributed by atoms with van der Waals surface area (Å²) in [5, 5.41) is 9.85. The smallest absolute Gasteiger partial charge is 0.112 e. The molecule has 4 nitrogen and oxygen atoms in total. The van der Waals surface area contributed by atoms with E-state index in [0.29, 0.717) is 5.92 Å². The van der Waals surface area contributed by atoms with E-state index in [4.69, 9.17) is 0 Å². The fourth-order valence-electron chi connectivity index (χ4n) is 3.00. The van der Waals surface area contributed by atoms with Crippen LogP contribution in [0.3, 0.4) is 0 Å². The first-order chi connectivity index (χ1) is 8.94. The molecule has 2 heterocycles. The highest BCUT2D eigenvalue weighted by molar-refractivity contribution is 5.89. The van der Waals surface area contributed by atoms with Crippen molar-refractivity contribution >= 4 is 16.7 Å². The number of aliphatic hydroxyl groups is 1. The van der Waals surface area contributed by atoms with Crippen LogP contribution in [0.1, 0.15) is 20.3 Å². The molecule has 0 unspecified atom stereocenters. The van der Waals surface area contributed by atoms with Gasteiger partial charge >= 0.3 is 0 Å². The van der Waals surface area contributed by atoms with E-state index in [0.717, 1.165) is 25.0 Å². The zero-order valence-corrected chi connectivity index (χ0v) is 11.8.